The Morgan fingerprint density at radius 3 is 2.74 bits per heavy atom. The lowest BCUT2D eigenvalue weighted by atomic mass is 10.1. The summed E-state index contributed by atoms with van der Waals surface area (Å²) in [4.78, 5) is 16.6. The van der Waals surface area contributed by atoms with E-state index < -0.39 is 0 Å². The van der Waals surface area contributed by atoms with E-state index in [2.05, 4.69) is 27.8 Å². The molecule has 0 fully saturated rings. The molecule has 1 heterocycles. The number of amidine groups is 1. The number of hydrogen-bond acceptors (Lipinski definition) is 3. The zero-order chi connectivity index (χ0) is 16.1. The van der Waals surface area contributed by atoms with Crippen LogP contribution in [0.3, 0.4) is 0 Å². The molecule has 0 bridgehead atoms. The molecule has 3 rings (SSSR count). The number of carbonyl (C=O) groups is 1. The first-order chi connectivity index (χ1) is 11.3. The van der Waals surface area contributed by atoms with E-state index in [0.717, 1.165) is 36.5 Å². The smallest absolute Gasteiger partial charge is 0.251 e. The molecule has 1 amide bonds. The van der Waals surface area contributed by atoms with E-state index in [-0.39, 0.29) is 5.91 Å². The molecule has 0 aromatic heterocycles. The highest BCUT2D eigenvalue weighted by Gasteiger charge is 2.14. The zero-order valence-electron chi connectivity index (χ0n) is 13.3. The van der Waals surface area contributed by atoms with Crippen LogP contribution in [-0.4, -0.2) is 24.8 Å². The van der Waals surface area contributed by atoms with Gasteiger partial charge in [0, 0.05) is 24.2 Å². The molecule has 1 aliphatic rings. The minimum atomic E-state index is -0.00773. The van der Waals surface area contributed by atoms with Crippen LogP contribution in [0.4, 0.5) is 0 Å². The van der Waals surface area contributed by atoms with Crippen LogP contribution < -0.4 is 10.6 Å². The molecular weight excluding hydrogens is 286 g/mol. The monoisotopic (exact) mass is 307 g/mol. The Balaban J connectivity index is 1.41. The summed E-state index contributed by atoms with van der Waals surface area (Å²) < 4.78 is 0. The fourth-order valence-electron chi connectivity index (χ4n) is 2.71. The standard InChI is InChI=1S/C19H21N3O/c1-14-7-2-4-9-16(14)19(23)21-12-6-11-20-18-17-10-5-3-8-15(17)13-22-18/h2-5,7-10H,6,11-13H2,1H3,(H,20,22)(H,21,23). The molecule has 0 spiro atoms. The largest absolute Gasteiger partial charge is 0.370 e. The Morgan fingerprint density at radius 1 is 1.09 bits per heavy atom. The van der Waals surface area contributed by atoms with Crippen molar-refractivity contribution in [2.45, 2.75) is 19.9 Å². The van der Waals surface area contributed by atoms with E-state index in [1.807, 2.05) is 43.3 Å². The van der Waals surface area contributed by atoms with Gasteiger partial charge in [0.1, 0.15) is 5.84 Å². The normalized spacial score (nSPS) is 12.5. The molecule has 4 heteroatoms. The first-order valence-corrected chi connectivity index (χ1v) is 7.96. The zero-order valence-corrected chi connectivity index (χ0v) is 13.3. The van der Waals surface area contributed by atoms with Crippen LogP contribution in [-0.2, 0) is 6.54 Å². The maximum Gasteiger partial charge on any atom is 0.251 e. The summed E-state index contributed by atoms with van der Waals surface area (Å²) in [5.74, 6) is 0.956. The van der Waals surface area contributed by atoms with E-state index in [0.29, 0.717) is 6.54 Å². The van der Waals surface area contributed by atoms with Crippen LogP contribution in [0.1, 0.15) is 33.5 Å². The van der Waals surface area contributed by atoms with Gasteiger partial charge in [-0.05, 0) is 30.5 Å². The molecule has 2 N–H and O–H groups in total. The second-order valence-electron chi connectivity index (χ2n) is 5.67. The first kappa shape index (κ1) is 15.3. The van der Waals surface area contributed by atoms with E-state index in [1.54, 1.807) is 0 Å². The lowest BCUT2D eigenvalue weighted by Crippen LogP contribution is -2.30. The fourth-order valence-corrected chi connectivity index (χ4v) is 2.71. The van der Waals surface area contributed by atoms with Gasteiger partial charge in [0.2, 0.25) is 0 Å². The van der Waals surface area contributed by atoms with Crippen molar-refractivity contribution < 1.29 is 4.79 Å². The van der Waals surface area contributed by atoms with Gasteiger partial charge in [-0.15, -0.1) is 0 Å². The summed E-state index contributed by atoms with van der Waals surface area (Å²) in [5.41, 5.74) is 4.20. The number of rotatable bonds is 5. The summed E-state index contributed by atoms with van der Waals surface area (Å²) in [6.45, 7) is 4.14. The number of nitrogens with zero attached hydrogens (tertiary/aromatic N) is 1. The minimum Gasteiger partial charge on any atom is -0.370 e. The quantitative estimate of drug-likeness (QED) is 0.835. The van der Waals surface area contributed by atoms with E-state index >= 15 is 0 Å². The number of aliphatic imine (C=N–C) groups is 1. The van der Waals surface area contributed by atoms with Gasteiger partial charge >= 0.3 is 0 Å². The summed E-state index contributed by atoms with van der Waals surface area (Å²) in [7, 11) is 0. The highest BCUT2D eigenvalue weighted by molar-refractivity contribution is 6.01. The predicted octanol–water partition coefficient (Wildman–Crippen LogP) is 2.66. The second-order valence-corrected chi connectivity index (χ2v) is 5.67. The number of carbonyl (C=O) groups excluding carboxylic acids is 1. The Hall–Kier alpha value is -2.62. The average Bonchev–Trinajstić information content (AvgIpc) is 2.98. The third-order valence-corrected chi connectivity index (χ3v) is 4.00. The van der Waals surface area contributed by atoms with Crippen LogP contribution in [0.5, 0.6) is 0 Å². The van der Waals surface area contributed by atoms with Crippen LogP contribution >= 0.6 is 0 Å². The fraction of sp³-hybridized carbons (Fsp3) is 0.263. The van der Waals surface area contributed by atoms with Crippen molar-refractivity contribution >= 4 is 11.7 Å². The minimum absolute atomic E-state index is 0.00773. The number of fused-ring (bicyclic) bond motifs is 1. The summed E-state index contributed by atoms with van der Waals surface area (Å²) in [6.07, 6.45) is 0.860. The number of benzene rings is 2. The molecule has 1 aliphatic heterocycles. The molecule has 0 aliphatic carbocycles. The van der Waals surface area contributed by atoms with Crippen molar-refractivity contribution in [1.29, 1.82) is 0 Å². The molecule has 0 saturated carbocycles. The molecule has 118 valence electrons. The molecule has 0 atom stereocenters. The lowest BCUT2D eigenvalue weighted by Gasteiger charge is -2.09. The van der Waals surface area contributed by atoms with Crippen molar-refractivity contribution in [3.8, 4) is 0 Å². The molecule has 2 aromatic rings. The molecule has 0 saturated heterocycles. The van der Waals surface area contributed by atoms with Gasteiger partial charge in [-0.2, -0.15) is 0 Å². The molecule has 0 unspecified atom stereocenters. The lowest BCUT2D eigenvalue weighted by molar-refractivity contribution is 0.0953. The maximum absolute atomic E-state index is 12.1. The highest BCUT2D eigenvalue weighted by Crippen LogP contribution is 2.16. The summed E-state index contributed by atoms with van der Waals surface area (Å²) in [6, 6.07) is 15.9. The molecule has 4 nitrogen and oxygen atoms in total. The molecule has 23 heavy (non-hydrogen) atoms. The summed E-state index contributed by atoms with van der Waals surface area (Å²) >= 11 is 0. The number of amides is 1. The van der Waals surface area contributed by atoms with Crippen molar-refractivity contribution in [2.24, 2.45) is 4.99 Å². The Kier molecular flexibility index (Phi) is 4.71. The molecule has 0 radical (unpaired) electrons. The Labute approximate surface area is 136 Å². The first-order valence-electron chi connectivity index (χ1n) is 7.96. The maximum atomic E-state index is 12.1. The van der Waals surface area contributed by atoms with E-state index in [9.17, 15) is 4.79 Å². The highest BCUT2D eigenvalue weighted by atomic mass is 16.1. The second kappa shape index (κ2) is 7.09. The van der Waals surface area contributed by atoms with Crippen LogP contribution in [0, 0.1) is 6.92 Å². The van der Waals surface area contributed by atoms with Crippen LogP contribution in [0.25, 0.3) is 0 Å². The van der Waals surface area contributed by atoms with Crippen LogP contribution in [0.2, 0.25) is 0 Å². The van der Waals surface area contributed by atoms with Gasteiger partial charge in [-0.1, -0.05) is 42.5 Å². The van der Waals surface area contributed by atoms with E-state index in [4.69, 9.17) is 0 Å². The SMILES string of the molecule is Cc1ccccc1C(=O)NCCCNC1=NCc2ccccc21. The third-order valence-electron chi connectivity index (χ3n) is 4.00. The molecular formula is C19H21N3O. The van der Waals surface area contributed by atoms with Gasteiger partial charge in [-0.25, -0.2) is 0 Å². The van der Waals surface area contributed by atoms with E-state index in [1.165, 1.54) is 11.1 Å². The average molecular weight is 307 g/mol. The predicted molar refractivity (Wildman–Crippen MR) is 92.8 cm³/mol. The molecule has 2 aromatic carbocycles. The van der Waals surface area contributed by atoms with Gasteiger partial charge < -0.3 is 10.6 Å². The van der Waals surface area contributed by atoms with Crippen molar-refractivity contribution in [1.82, 2.24) is 10.6 Å². The number of nitrogens with one attached hydrogen (secondary N) is 2. The van der Waals surface area contributed by atoms with Crippen molar-refractivity contribution in [2.75, 3.05) is 13.1 Å². The van der Waals surface area contributed by atoms with Crippen LogP contribution in [0.15, 0.2) is 53.5 Å². The topological polar surface area (TPSA) is 53.5 Å². The van der Waals surface area contributed by atoms with Gasteiger partial charge in [0.15, 0.2) is 0 Å². The van der Waals surface area contributed by atoms with Gasteiger partial charge in [-0.3, -0.25) is 9.79 Å². The number of aryl methyl sites for hydroxylation is 1. The third kappa shape index (κ3) is 3.59. The Morgan fingerprint density at radius 2 is 1.87 bits per heavy atom. The van der Waals surface area contributed by atoms with Gasteiger partial charge in [0.05, 0.1) is 6.54 Å². The van der Waals surface area contributed by atoms with Crippen molar-refractivity contribution in [3.63, 3.8) is 0 Å². The summed E-state index contributed by atoms with van der Waals surface area (Å²) in [5, 5.41) is 6.33. The number of hydrogen-bond donors (Lipinski definition) is 2. The Bertz CT molecular complexity index is 737. The van der Waals surface area contributed by atoms with Crippen molar-refractivity contribution in [3.05, 3.63) is 70.8 Å². The van der Waals surface area contributed by atoms with Gasteiger partial charge in [0.25, 0.3) is 5.91 Å².